The van der Waals surface area contributed by atoms with Gasteiger partial charge in [-0.25, -0.2) is 0 Å². The van der Waals surface area contributed by atoms with E-state index in [-0.39, 0.29) is 22.0 Å². The fourth-order valence-electron chi connectivity index (χ4n) is 2.84. The van der Waals surface area contributed by atoms with Gasteiger partial charge >= 0.3 is 0 Å². The van der Waals surface area contributed by atoms with Gasteiger partial charge in [0.2, 0.25) is 0 Å². The molecule has 100 valence electrons. The van der Waals surface area contributed by atoms with Crippen molar-refractivity contribution in [2.45, 2.75) is 54.9 Å². The Hall–Kier alpha value is -0.850. The Labute approximate surface area is 111 Å². The third kappa shape index (κ3) is 2.08. The molecule has 1 saturated carbocycles. The first-order valence-corrected chi connectivity index (χ1v) is 6.99. The van der Waals surface area contributed by atoms with Crippen molar-refractivity contribution in [1.82, 2.24) is 0 Å². The number of ketones is 1. The summed E-state index contributed by atoms with van der Waals surface area (Å²) in [6.07, 6.45) is 5.71. The van der Waals surface area contributed by atoms with E-state index in [0.717, 1.165) is 11.1 Å². The smallest absolute Gasteiger partial charge is 0.185 e. The molecular formula is C17H26O. The fraction of sp³-hybridized carbons (Fsp3) is 0.706. The van der Waals surface area contributed by atoms with Crippen LogP contribution >= 0.6 is 0 Å². The van der Waals surface area contributed by atoms with Gasteiger partial charge in [0.25, 0.3) is 0 Å². The lowest BCUT2D eigenvalue weighted by Gasteiger charge is -2.33. The van der Waals surface area contributed by atoms with Gasteiger partial charge < -0.3 is 0 Å². The predicted octanol–water partition coefficient (Wildman–Crippen LogP) is 4.54. The van der Waals surface area contributed by atoms with Crippen LogP contribution in [0.3, 0.4) is 0 Å². The molecule has 1 fully saturated rings. The zero-order valence-corrected chi connectivity index (χ0v) is 12.8. The maximum absolute atomic E-state index is 12.7. The molecule has 0 saturated heterocycles. The molecule has 0 bridgehead atoms. The largest absolute Gasteiger partial charge is 0.289 e. The van der Waals surface area contributed by atoms with Gasteiger partial charge in [0.15, 0.2) is 5.78 Å². The Bertz CT molecular complexity index is 415. The number of rotatable bonds is 0. The van der Waals surface area contributed by atoms with Crippen LogP contribution in [-0.4, -0.2) is 5.78 Å². The van der Waals surface area contributed by atoms with Crippen LogP contribution in [0.5, 0.6) is 0 Å². The molecular weight excluding hydrogens is 220 g/mol. The van der Waals surface area contributed by atoms with E-state index in [9.17, 15) is 4.79 Å². The highest BCUT2D eigenvalue weighted by atomic mass is 16.1. The number of Topliss-reactive ketones (excluding diaryl/α,β-unsaturated/α-hetero) is 1. The number of carbonyl (C=O) groups is 1. The van der Waals surface area contributed by atoms with Crippen LogP contribution in [0.4, 0.5) is 0 Å². The minimum absolute atomic E-state index is 0.0584. The van der Waals surface area contributed by atoms with Crippen LogP contribution in [0.15, 0.2) is 23.3 Å². The van der Waals surface area contributed by atoms with Crippen molar-refractivity contribution in [3.05, 3.63) is 23.3 Å². The topological polar surface area (TPSA) is 17.1 Å². The minimum Gasteiger partial charge on any atom is -0.289 e. The van der Waals surface area contributed by atoms with E-state index < -0.39 is 0 Å². The molecule has 2 aliphatic carbocycles. The molecule has 0 amide bonds. The molecule has 2 rings (SSSR count). The van der Waals surface area contributed by atoms with Gasteiger partial charge in [-0.3, -0.25) is 4.79 Å². The molecule has 1 unspecified atom stereocenters. The summed E-state index contributed by atoms with van der Waals surface area (Å²) >= 11 is 0. The molecule has 1 atom stereocenters. The van der Waals surface area contributed by atoms with Crippen LogP contribution in [0, 0.1) is 22.2 Å². The normalized spacial score (nSPS) is 27.1. The zero-order chi connectivity index (χ0) is 13.9. The molecule has 2 aliphatic rings. The molecule has 0 aromatic heterocycles. The molecule has 0 aromatic carbocycles. The van der Waals surface area contributed by atoms with Gasteiger partial charge in [0.1, 0.15) is 0 Å². The van der Waals surface area contributed by atoms with Crippen LogP contribution in [-0.2, 0) is 4.79 Å². The van der Waals surface area contributed by atoms with Crippen molar-refractivity contribution in [2.75, 3.05) is 0 Å². The number of allylic oxidation sites excluding steroid dienone is 4. The minimum atomic E-state index is -0.0584. The Morgan fingerprint density at radius 2 is 1.33 bits per heavy atom. The highest BCUT2D eigenvalue weighted by Crippen LogP contribution is 2.59. The first kappa shape index (κ1) is 13.6. The van der Waals surface area contributed by atoms with Crippen LogP contribution in [0.2, 0.25) is 0 Å². The van der Waals surface area contributed by atoms with Gasteiger partial charge in [-0.05, 0) is 23.2 Å². The van der Waals surface area contributed by atoms with Crippen LogP contribution < -0.4 is 0 Å². The number of hydrogen-bond acceptors (Lipinski definition) is 1. The molecule has 1 heteroatoms. The average molecular weight is 246 g/mol. The SMILES string of the molecule is CC1CC12C=C(C(C)(C)C)C(=O)C(C(C)(C)C)=C2. The Morgan fingerprint density at radius 1 is 1.00 bits per heavy atom. The van der Waals surface area contributed by atoms with Crippen molar-refractivity contribution in [2.24, 2.45) is 22.2 Å². The molecule has 1 nitrogen and oxygen atoms in total. The summed E-state index contributed by atoms with van der Waals surface area (Å²) < 4.78 is 0. The Morgan fingerprint density at radius 3 is 1.56 bits per heavy atom. The molecule has 1 spiro atoms. The van der Waals surface area contributed by atoms with E-state index in [2.05, 4.69) is 60.6 Å². The summed E-state index contributed by atoms with van der Waals surface area (Å²) in [5, 5.41) is 0. The molecule has 18 heavy (non-hydrogen) atoms. The van der Waals surface area contributed by atoms with Crippen molar-refractivity contribution >= 4 is 5.78 Å². The third-order valence-corrected chi connectivity index (χ3v) is 4.35. The lowest BCUT2D eigenvalue weighted by molar-refractivity contribution is -0.114. The first-order chi connectivity index (χ1) is 7.97. The number of carbonyl (C=O) groups excluding carboxylic acids is 1. The molecule has 0 heterocycles. The average Bonchev–Trinajstić information content (AvgIpc) is 2.77. The maximum atomic E-state index is 12.7. The molecule has 0 N–H and O–H groups in total. The summed E-state index contributed by atoms with van der Waals surface area (Å²) in [6, 6.07) is 0. The van der Waals surface area contributed by atoms with Gasteiger partial charge in [-0.1, -0.05) is 60.6 Å². The Kier molecular flexibility index (Phi) is 2.71. The molecule has 0 aliphatic heterocycles. The van der Waals surface area contributed by atoms with Gasteiger partial charge in [0, 0.05) is 16.6 Å². The summed E-state index contributed by atoms with van der Waals surface area (Å²) in [5.74, 6) is 0.944. The van der Waals surface area contributed by atoms with E-state index in [1.807, 2.05) is 0 Å². The van der Waals surface area contributed by atoms with Crippen LogP contribution in [0.1, 0.15) is 54.9 Å². The zero-order valence-electron chi connectivity index (χ0n) is 12.8. The van der Waals surface area contributed by atoms with Gasteiger partial charge in [0.05, 0.1) is 0 Å². The van der Waals surface area contributed by atoms with Crippen molar-refractivity contribution < 1.29 is 4.79 Å². The maximum Gasteiger partial charge on any atom is 0.185 e. The summed E-state index contributed by atoms with van der Waals surface area (Å²) in [6.45, 7) is 15.1. The second kappa shape index (κ2) is 3.59. The monoisotopic (exact) mass is 246 g/mol. The Balaban J connectivity index is 2.51. The van der Waals surface area contributed by atoms with E-state index in [4.69, 9.17) is 0 Å². The molecule has 0 radical (unpaired) electrons. The second-order valence-electron chi connectivity index (χ2n) is 8.16. The predicted molar refractivity (Wildman–Crippen MR) is 76.3 cm³/mol. The lowest BCUT2D eigenvalue weighted by Crippen LogP contribution is -2.30. The summed E-state index contributed by atoms with van der Waals surface area (Å²) in [7, 11) is 0. The van der Waals surface area contributed by atoms with E-state index in [0.29, 0.717) is 5.92 Å². The number of hydrogen-bond donors (Lipinski definition) is 0. The third-order valence-electron chi connectivity index (χ3n) is 4.35. The standard InChI is InChI=1S/C17H26O/c1-11-8-17(11)9-12(15(2,3)4)14(18)13(10-17)16(5,6)7/h9-11H,8H2,1-7H3. The molecule has 0 aromatic rings. The quantitative estimate of drug-likeness (QED) is 0.613. The summed E-state index contributed by atoms with van der Waals surface area (Å²) in [4.78, 5) is 12.7. The summed E-state index contributed by atoms with van der Waals surface area (Å²) in [5.41, 5.74) is 2.09. The van der Waals surface area contributed by atoms with E-state index in [1.165, 1.54) is 6.42 Å². The van der Waals surface area contributed by atoms with Crippen molar-refractivity contribution in [3.8, 4) is 0 Å². The highest BCUT2D eigenvalue weighted by Gasteiger charge is 2.52. The van der Waals surface area contributed by atoms with Crippen LogP contribution in [0.25, 0.3) is 0 Å². The van der Waals surface area contributed by atoms with Crippen molar-refractivity contribution in [1.29, 1.82) is 0 Å². The lowest BCUT2D eigenvalue weighted by atomic mass is 9.69. The van der Waals surface area contributed by atoms with E-state index >= 15 is 0 Å². The second-order valence-corrected chi connectivity index (χ2v) is 8.16. The van der Waals surface area contributed by atoms with E-state index in [1.54, 1.807) is 0 Å². The first-order valence-electron chi connectivity index (χ1n) is 6.99. The van der Waals surface area contributed by atoms with Gasteiger partial charge in [-0.15, -0.1) is 0 Å². The van der Waals surface area contributed by atoms with Gasteiger partial charge in [-0.2, -0.15) is 0 Å². The highest BCUT2D eigenvalue weighted by molar-refractivity contribution is 6.11. The van der Waals surface area contributed by atoms with Crippen molar-refractivity contribution in [3.63, 3.8) is 0 Å². The fourth-order valence-corrected chi connectivity index (χ4v) is 2.84.